The zero-order valence-corrected chi connectivity index (χ0v) is 18.0. The summed E-state index contributed by atoms with van der Waals surface area (Å²) >= 11 is 3.25. The summed E-state index contributed by atoms with van der Waals surface area (Å²) in [5.74, 6) is 0.632. The number of amides is 1. The van der Waals surface area contributed by atoms with Gasteiger partial charge in [-0.25, -0.2) is 9.97 Å². The molecule has 146 valence electrons. The van der Waals surface area contributed by atoms with Crippen LogP contribution in [0.2, 0.25) is 0 Å². The second kappa shape index (κ2) is 8.62. The molecule has 1 N–H and O–H groups in total. The van der Waals surface area contributed by atoms with Crippen LogP contribution in [0.3, 0.4) is 0 Å². The molecule has 0 spiro atoms. The molecule has 1 aliphatic rings. The maximum Gasteiger partial charge on any atom is 0.252 e. The number of hydrogen-bond acceptors (Lipinski definition) is 5. The molecule has 4 nitrogen and oxygen atoms in total. The third-order valence-electron chi connectivity index (χ3n) is 5.54. The number of hydrogen-bond donors (Lipinski definition) is 1. The van der Waals surface area contributed by atoms with Crippen molar-refractivity contribution in [2.45, 2.75) is 55.9 Å². The van der Waals surface area contributed by atoms with Gasteiger partial charge in [-0.2, -0.15) is 0 Å². The highest BCUT2D eigenvalue weighted by Crippen LogP contribution is 2.38. The van der Waals surface area contributed by atoms with E-state index < -0.39 is 0 Å². The Hall–Kier alpha value is -1.92. The smallest absolute Gasteiger partial charge is 0.252 e. The minimum absolute atomic E-state index is 0.0113. The van der Waals surface area contributed by atoms with Crippen molar-refractivity contribution in [2.24, 2.45) is 5.92 Å². The van der Waals surface area contributed by atoms with Gasteiger partial charge in [0.2, 0.25) is 0 Å². The Kier molecular flexibility index (Phi) is 5.97. The topological polar surface area (TPSA) is 54.9 Å². The molecule has 3 aromatic rings. The lowest BCUT2D eigenvalue weighted by Crippen LogP contribution is -2.30. The number of aryl methyl sites for hydroxylation is 2. The number of rotatable bonds is 5. The van der Waals surface area contributed by atoms with Crippen LogP contribution in [0.15, 0.2) is 40.5 Å². The van der Waals surface area contributed by atoms with Crippen LogP contribution in [0.4, 0.5) is 0 Å². The Morgan fingerprint density at radius 2 is 1.96 bits per heavy atom. The van der Waals surface area contributed by atoms with Crippen molar-refractivity contribution in [3.05, 3.63) is 46.6 Å². The van der Waals surface area contributed by atoms with Crippen LogP contribution in [0.1, 0.15) is 52.9 Å². The summed E-state index contributed by atoms with van der Waals surface area (Å²) in [6.45, 7) is 5.01. The maximum atomic E-state index is 12.9. The molecule has 0 atom stereocenters. The molecule has 0 radical (unpaired) electrons. The molecule has 1 aromatic carbocycles. The van der Waals surface area contributed by atoms with Crippen LogP contribution in [0.25, 0.3) is 10.2 Å². The van der Waals surface area contributed by atoms with Gasteiger partial charge in [-0.3, -0.25) is 4.79 Å². The van der Waals surface area contributed by atoms with Crippen molar-refractivity contribution in [3.63, 3.8) is 0 Å². The molecule has 0 aliphatic heterocycles. The SMILES string of the molecule is Cc1sc2ncnc(Sc3ccccc3C(=O)NCC3CCCCC3)c2c1C. The fourth-order valence-electron chi connectivity index (χ4n) is 3.80. The number of thiophene rings is 1. The van der Waals surface area contributed by atoms with E-state index in [0.29, 0.717) is 5.92 Å². The van der Waals surface area contributed by atoms with Gasteiger partial charge >= 0.3 is 0 Å². The number of aromatic nitrogens is 2. The maximum absolute atomic E-state index is 12.9. The second-order valence-electron chi connectivity index (χ2n) is 7.45. The Morgan fingerprint density at radius 3 is 2.79 bits per heavy atom. The fraction of sp³-hybridized carbons (Fsp3) is 0.409. The number of nitrogens with zero attached hydrogens (tertiary/aromatic N) is 2. The van der Waals surface area contributed by atoms with E-state index in [9.17, 15) is 4.79 Å². The van der Waals surface area contributed by atoms with Crippen LogP contribution in [-0.4, -0.2) is 22.4 Å². The Bertz CT molecular complexity index is 993. The summed E-state index contributed by atoms with van der Waals surface area (Å²) in [6, 6.07) is 7.81. The van der Waals surface area contributed by atoms with Gasteiger partial charge in [0.1, 0.15) is 16.2 Å². The highest BCUT2D eigenvalue weighted by Gasteiger charge is 2.19. The normalized spacial score (nSPS) is 15.1. The van der Waals surface area contributed by atoms with Crippen LogP contribution < -0.4 is 5.32 Å². The third-order valence-corrected chi connectivity index (χ3v) is 7.74. The number of carbonyl (C=O) groups is 1. The van der Waals surface area contributed by atoms with Crippen molar-refractivity contribution >= 4 is 39.2 Å². The van der Waals surface area contributed by atoms with E-state index in [-0.39, 0.29) is 5.91 Å². The van der Waals surface area contributed by atoms with E-state index in [1.807, 2.05) is 24.3 Å². The first-order valence-corrected chi connectivity index (χ1v) is 11.5. The van der Waals surface area contributed by atoms with Crippen LogP contribution in [0, 0.1) is 19.8 Å². The second-order valence-corrected chi connectivity index (χ2v) is 9.69. The number of fused-ring (bicyclic) bond motifs is 1. The Morgan fingerprint density at radius 1 is 1.18 bits per heavy atom. The standard InChI is InChI=1S/C22H25N3OS2/c1-14-15(2)27-21-19(14)22(25-13-24-21)28-18-11-7-6-10-17(18)20(26)23-12-16-8-4-3-5-9-16/h6-7,10-11,13,16H,3-5,8-9,12H2,1-2H3,(H,23,26). The number of nitrogens with one attached hydrogen (secondary N) is 1. The lowest BCUT2D eigenvalue weighted by atomic mass is 9.89. The van der Waals surface area contributed by atoms with Gasteiger partial charge in [-0.15, -0.1) is 11.3 Å². The van der Waals surface area contributed by atoms with Crippen molar-refractivity contribution in [2.75, 3.05) is 6.54 Å². The van der Waals surface area contributed by atoms with Crippen molar-refractivity contribution in [3.8, 4) is 0 Å². The molecular formula is C22H25N3OS2. The molecule has 1 amide bonds. The summed E-state index contributed by atoms with van der Waals surface area (Å²) in [4.78, 5) is 25.0. The van der Waals surface area contributed by atoms with Gasteiger partial charge < -0.3 is 5.32 Å². The predicted octanol–water partition coefficient (Wildman–Crippen LogP) is 5.77. The first-order chi connectivity index (χ1) is 13.6. The predicted molar refractivity (Wildman–Crippen MR) is 116 cm³/mol. The van der Waals surface area contributed by atoms with Crippen molar-refractivity contribution in [1.29, 1.82) is 0 Å². The van der Waals surface area contributed by atoms with E-state index in [2.05, 4.69) is 29.1 Å². The average molecular weight is 412 g/mol. The van der Waals surface area contributed by atoms with Crippen LogP contribution >= 0.6 is 23.1 Å². The molecule has 6 heteroatoms. The molecule has 4 rings (SSSR count). The minimum atomic E-state index is 0.0113. The average Bonchev–Trinajstić information content (AvgIpc) is 3.02. The minimum Gasteiger partial charge on any atom is -0.352 e. The van der Waals surface area contributed by atoms with E-state index in [1.54, 1.807) is 29.4 Å². The van der Waals surface area contributed by atoms with E-state index in [0.717, 1.165) is 32.2 Å². The van der Waals surface area contributed by atoms with Crippen LogP contribution in [-0.2, 0) is 0 Å². The van der Waals surface area contributed by atoms with Crippen molar-refractivity contribution in [1.82, 2.24) is 15.3 Å². The number of benzene rings is 1. The largest absolute Gasteiger partial charge is 0.352 e. The molecule has 2 aromatic heterocycles. The zero-order chi connectivity index (χ0) is 19.5. The van der Waals surface area contributed by atoms with Crippen LogP contribution in [0.5, 0.6) is 0 Å². The monoisotopic (exact) mass is 411 g/mol. The van der Waals surface area contributed by atoms with Gasteiger partial charge in [0.25, 0.3) is 5.91 Å². The van der Waals surface area contributed by atoms with Crippen molar-refractivity contribution < 1.29 is 4.79 Å². The van der Waals surface area contributed by atoms with Gasteiger partial charge in [-0.05, 0) is 50.3 Å². The molecule has 2 heterocycles. The summed E-state index contributed by atoms with van der Waals surface area (Å²) in [5.41, 5.74) is 1.95. The molecule has 1 aliphatic carbocycles. The fourth-order valence-corrected chi connectivity index (χ4v) is 5.94. The zero-order valence-electron chi connectivity index (χ0n) is 16.3. The molecule has 0 saturated heterocycles. The first kappa shape index (κ1) is 19.4. The molecule has 0 unspecified atom stereocenters. The van der Waals surface area contributed by atoms with E-state index in [1.165, 1.54) is 42.5 Å². The summed E-state index contributed by atoms with van der Waals surface area (Å²) in [7, 11) is 0. The highest BCUT2D eigenvalue weighted by molar-refractivity contribution is 7.99. The summed E-state index contributed by atoms with van der Waals surface area (Å²) in [6.07, 6.45) is 7.98. The van der Waals surface area contributed by atoms with E-state index >= 15 is 0 Å². The lowest BCUT2D eigenvalue weighted by Gasteiger charge is -2.22. The molecular weight excluding hydrogens is 386 g/mol. The molecule has 1 saturated carbocycles. The Labute approximate surface area is 174 Å². The summed E-state index contributed by atoms with van der Waals surface area (Å²) in [5, 5.41) is 5.18. The lowest BCUT2D eigenvalue weighted by molar-refractivity contribution is 0.0940. The third kappa shape index (κ3) is 4.08. The van der Waals surface area contributed by atoms with E-state index in [4.69, 9.17) is 0 Å². The van der Waals surface area contributed by atoms with Gasteiger partial charge in [0.15, 0.2) is 0 Å². The number of carbonyl (C=O) groups excluding carboxylic acids is 1. The molecule has 28 heavy (non-hydrogen) atoms. The first-order valence-electron chi connectivity index (χ1n) is 9.89. The summed E-state index contributed by atoms with van der Waals surface area (Å²) < 4.78 is 0. The molecule has 1 fully saturated rings. The Balaban J connectivity index is 1.56. The van der Waals surface area contributed by atoms with Gasteiger partial charge in [0.05, 0.1) is 5.56 Å². The highest BCUT2D eigenvalue weighted by atomic mass is 32.2. The van der Waals surface area contributed by atoms with Gasteiger partial charge in [0, 0.05) is 21.7 Å². The quantitative estimate of drug-likeness (QED) is 0.542. The van der Waals surface area contributed by atoms with Gasteiger partial charge in [-0.1, -0.05) is 43.2 Å². The molecule has 0 bridgehead atoms.